The van der Waals surface area contributed by atoms with E-state index in [2.05, 4.69) is 70.4 Å². The van der Waals surface area contributed by atoms with Crippen LogP contribution in [0.4, 0.5) is 51.2 Å². The lowest BCUT2D eigenvalue weighted by molar-refractivity contribution is -0.128. The van der Waals surface area contributed by atoms with Crippen LogP contribution >= 0.6 is 22.7 Å². The molecule has 1 aliphatic heterocycles. The third-order valence-corrected chi connectivity index (χ3v) is 18.9. The number of carboxylic acids is 1. The van der Waals surface area contributed by atoms with Gasteiger partial charge in [0.05, 0.1) is 36.5 Å². The summed E-state index contributed by atoms with van der Waals surface area (Å²) >= 11 is 2.77. The molecule has 526 valence electrons. The zero-order valence-electron chi connectivity index (χ0n) is 56.3. The van der Waals surface area contributed by atoms with Gasteiger partial charge in [-0.05, 0) is 127 Å². The molecule has 8 N–H and O–H groups in total. The fourth-order valence-electron chi connectivity index (χ4n) is 11.7. The molecule has 7 amide bonds. The predicted octanol–water partition coefficient (Wildman–Crippen LogP) is 10.8. The van der Waals surface area contributed by atoms with Gasteiger partial charge in [-0.2, -0.15) is 0 Å². The normalized spacial score (nSPS) is 12.5. The molecule has 0 fully saturated rings. The highest BCUT2D eigenvalue weighted by molar-refractivity contribution is 7.22. The maximum absolute atomic E-state index is 15.5. The number of aromatic carboxylic acids is 1. The van der Waals surface area contributed by atoms with E-state index in [0.717, 1.165) is 56.4 Å². The zero-order valence-corrected chi connectivity index (χ0v) is 57.9. The Morgan fingerprint density at radius 2 is 1.59 bits per heavy atom. The predicted molar refractivity (Wildman–Crippen MR) is 384 cm³/mol. The summed E-state index contributed by atoms with van der Waals surface area (Å²) < 4.78 is 39.0. The molecule has 4 heterocycles. The van der Waals surface area contributed by atoms with Gasteiger partial charge in [-0.3, -0.25) is 14.5 Å². The number of amides is 7. The van der Waals surface area contributed by atoms with E-state index < -0.39 is 65.9 Å². The van der Waals surface area contributed by atoms with Gasteiger partial charge in [0.2, 0.25) is 11.8 Å². The van der Waals surface area contributed by atoms with Crippen LogP contribution in [0.3, 0.4) is 0 Å². The lowest BCUT2D eigenvalue weighted by Crippen LogP contribution is -2.54. The number of hydrogen-bond acceptors (Lipinski definition) is 19. The maximum atomic E-state index is 15.5. The van der Waals surface area contributed by atoms with Crippen LogP contribution in [0.15, 0.2) is 109 Å². The quantitative estimate of drug-likeness (QED) is 0.0136. The third-order valence-electron chi connectivity index (χ3n) is 16.8. The van der Waals surface area contributed by atoms with Gasteiger partial charge in [0.15, 0.2) is 45.8 Å². The second kappa shape index (κ2) is 34.3. The molecule has 25 nitrogen and oxygen atoms in total. The fraction of sp³-hybridized carbons (Fsp3) is 0.311. The van der Waals surface area contributed by atoms with Gasteiger partial charge in [-0.25, -0.2) is 38.3 Å². The number of rotatable bonds is 28. The number of benzene rings is 5. The first-order valence-electron chi connectivity index (χ1n) is 32.7. The maximum Gasteiger partial charge on any atom is 0.411 e. The summed E-state index contributed by atoms with van der Waals surface area (Å²) in [6, 6.07) is 29.2. The van der Waals surface area contributed by atoms with Crippen molar-refractivity contribution in [1.29, 1.82) is 0 Å². The minimum Gasteiger partial charge on any atom is -0.491 e. The average molecular weight is 1420 g/mol. The lowest BCUT2D eigenvalue weighted by atomic mass is 9.98. The number of carboxylic acid groups (broad SMARTS) is 1. The molecule has 1 aliphatic carbocycles. The molecule has 0 spiro atoms. The summed E-state index contributed by atoms with van der Waals surface area (Å²) in [5.41, 5.74) is 13.3. The molecule has 8 aromatic rings. The molecule has 2 aliphatic rings. The Morgan fingerprint density at radius 3 is 2.30 bits per heavy atom. The number of carbonyl (C=O) groups is 7. The highest BCUT2D eigenvalue weighted by atomic mass is 32.1. The van der Waals surface area contributed by atoms with E-state index in [1.165, 1.54) is 63.8 Å². The highest BCUT2D eigenvalue weighted by Gasteiger charge is 2.34. The number of nitrogens with one attached hydrogen (secondary N) is 5. The average Bonchev–Trinajstić information content (AvgIpc) is 1.37. The molecule has 0 unspecified atom stereocenters. The number of alkyl carbamates (subject to hydrolysis) is 1. The number of para-hydroxylation sites is 1. The number of aromatic nitrogens is 4. The van der Waals surface area contributed by atoms with Crippen molar-refractivity contribution in [2.75, 3.05) is 68.6 Å². The van der Waals surface area contributed by atoms with Crippen LogP contribution in [-0.2, 0) is 49.8 Å². The second-order valence-corrected chi connectivity index (χ2v) is 26.3. The Hall–Kier alpha value is -11.8. The molecule has 0 bridgehead atoms. The number of ether oxygens (including phenoxy) is 4. The number of aryl methyl sites for hydroxylation is 1. The first-order valence-corrected chi connectivity index (χ1v) is 34.3. The van der Waals surface area contributed by atoms with E-state index in [-0.39, 0.29) is 94.1 Å². The minimum absolute atomic E-state index is 0.00173. The number of hydrogen-bond donors (Lipinski definition) is 7. The Kier molecular flexibility index (Phi) is 24.5. The van der Waals surface area contributed by atoms with Crippen molar-refractivity contribution in [3.8, 4) is 53.4 Å². The van der Waals surface area contributed by atoms with Crippen LogP contribution < -0.4 is 42.0 Å². The van der Waals surface area contributed by atoms with Crippen LogP contribution in [0, 0.1) is 55.2 Å². The third kappa shape index (κ3) is 18.3. The van der Waals surface area contributed by atoms with Gasteiger partial charge < -0.3 is 66.2 Å². The van der Waals surface area contributed by atoms with Gasteiger partial charge in [0.1, 0.15) is 25.3 Å². The SMILES string of the molecule is C#CCOC(=O)N(CC#C)Cc1cc(NC(=O)[C@H](CCCNC(N)=O)NC(=O)[C@@H](NC(=O)OCC2c3ccccc3-c3ccccc32)C(C)C)ccc1COC(=O)N(C)CC#Cc1ccc(OCCCc2sc(N3CCCc4c3nnc(Nc3nc5ccccc5s3)c4C)nc2C(=O)O)c(F)c1. The van der Waals surface area contributed by atoms with Crippen molar-refractivity contribution in [3.05, 3.63) is 165 Å². The van der Waals surface area contributed by atoms with Crippen molar-refractivity contribution < 1.29 is 62.0 Å². The van der Waals surface area contributed by atoms with Crippen molar-refractivity contribution in [1.82, 2.24) is 45.9 Å². The van der Waals surface area contributed by atoms with Crippen LogP contribution in [0.1, 0.15) is 99.8 Å². The molecular weight excluding hydrogens is 1350 g/mol. The van der Waals surface area contributed by atoms with E-state index in [0.29, 0.717) is 57.3 Å². The molecule has 0 saturated carbocycles. The summed E-state index contributed by atoms with van der Waals surface area (Å²) in [7, 11) is 1.44. The van der Waals surface area contributed by atoms with Gasteiger partial charge in [-0.1, -0.05) is 116 Å². The molecule has 10 rings (SSSR count). The molecule has 5 aromatic carbocycles. The number of anilines is 5. The summed E-state index contributed by atoms with van der Waals surface area (Å²) in [5.74, 6) is 7.54. The molecule has 102 heavy (non-hydrogen) atoms. The number of halogens is 1. The summed E-state index contributed by atoms with van der Waals surface area (Å²) in [5, 5.41) is 34.5. The first kappa shape index (κ1) is 72.9. The van der Waals surface area contributed by atoms with Gasteiger partial charge in [0, 0.05) is 53.3 Å². The van der Waals surface area contributed by atoms with Gasteiger partial charge in [0.25, 0.3) is 0 Å². The summed E-state index contributed by atoms with van der Waals surface area (Å²) in [4.78, 5) is 107. The van der Waals surface area contributed by atoms with E-state index in [4.69, 9.17) is 37.5 Å². The Balaban J connectivity index is 0.737. The second-order valence-electron chi connectivity index (χ2n) is 24.2. The van der Waals surface area contributed by atoms with Crippen LogP contribution in [0.5, 0.6) is 5.75 Å². The fourth-order valence-corrected chi connectivity index (χ4v) is 13.6. The summed E-state index contributed by atoms with van der Waals surface area (Å²) in [6.07, 6.45) is 10.9. The molecule has 28 heteroatoms. The standard InChI is InChI=1S/C74H74FN13O12S2/c1-7-34-87(74(96)98-37-8-2)41-48-40-49(78-66(89)58(26-15-33-77-69(76)93)79-67(90)62(44(3)4)82-72(94)99-43-55-53-22-11-9-20-51(53)52-21-10-12-23-54(52)55)31-30-47(48)42-100-73(95)86(6)35-16-19-46-29-32-59(56(75)39-46)97-38-18-28-61-63(68(91)92)81-71(102-61)88-36-17-24-50-45(5)64(84-85-65(50)88)83-70-80-57-25-13-14-27-60(57)101-70/h1-2,9-14,20-23,25,27,29-32,39-40,44,55,58,62H,15,17-18,24,26,28,33-38,41-43H2,3-6H3,(H,78,89)(H,79,90)(H,82,94)(H,91,92)(H3,76,77,93)(H,80,83,84)/t58-,62-/m0/s1. The molecule has 2 atom stereocenters. The smallest absolute Gasteiger partial charge is 0.411 e. The van der Waals surface area contributed by atoms with Crippen molar-refractivity contribution in [2.45, 2.75) is 90.4 Å². The van der Waals surface area contributed by atoms with Gasteiger partial charge >= 0.3 is 30.3 Å². The topological polar surface area (TPSA) is 324 Å². The van der Waals surface area contributed by atoms with E-state index in [1.807, 2.05) is 84.6 Å². The largest absolute Gasteiger partial charge is 0.491 e. The van der Waals surface area contributed by atoms with E-state index in [9.17, 15) is 38.7 Å². The number of urea groups is 1. The highest BCUT2D eigenvalue weighted by Crippen LogP contribution is 2.45. The number of thiazole rings is 2. The van der Waals surface area contributed by atoms with Crippen LogP contribution in [-0.4, -0.2) is 142 Å². The Labute approximate surface area is 596 Å². The monoisotopic (exact) mass is 1420 g/mol. The molecular formula is C74H74FN13O12S2. The molecule has 0 saturated heterocycles. The molecule has 0 radical (unpaired) electrons. The molecule has 3 aromatic heterocycles. The van der Waals surface area contributed by atoms with Gasteiger partial charge in [-0.15, -0.1) is 34.4 Å². The van der Waals surface area contributed by atoms with Crippen molar-refractivity contribution in [3.63, 3.8) is 0 Å². The van der Waals surface area contributed by atoms with Crippen molar-refractivity contribution >= 4 is 103 Å². The van der Waals surface area contributed by atoms with Crippen LogP contribution in [0.25, 0.3) is 21.3 Å². The summed E-state index contributed by atoms with van der Waals surface area (Å²) in [6.45, 7) is 4.80. The van der Waals surface area contributed by atoms with E-state index >= 15 is 4.39 Å². The first-order chi connectivity index (χ1) is 49.3. The number of carbonyl (C=O) groups excluding carboxylic acids is 6. The zero-order chi connectivity index (χ0) is 72.4. The van der Waals surface area contributed by atoms with Crippen LogP contribution in [0.2, 0.25) is 0 Å². The number of terminal acetylenes is 2. The number of nitrogens with zero attached hydrogens (tertiary/aromatic N) is 7. The lowest BCUT2D eigenvalue weighted by Gasteiger charge is -2.28. The number of fused-ring (bicyclic) bond motifs is 5. The Bertz CT molecular complexity index is 4540. The Morgan fingerprint density at radius 1 is 0.833 bits per heavy atom. The van der Waals surface area contributed by atoms with Crippen molar-refractivity contribution in [2.24, 2.45) is 11.7 Å². The minimum atomic E-state index is -1.24. The van der Waals surface area contributed by atoms with E-state index in [1.54, 1.807) is 26.0 Å². The number of nitrogens with two attached hydrogens (primary N) is 1. The number of primary amides is 1.